The van der Waals surface area contributed by atoms with Gasteiger partial charge in [0.05, 0.1) is 10.6 Å². The number of rotatable bonds is 9. The van der Waals surface area contributed by atoms with Crippen molar-refractivity contribution in [2.24, 2.45) is 0 Å². The Bertz CT molecular complexity index is 1420. The largest absolute Gasteiger partial charge is 0.350 e. The zero-order chi connectivity index (χ0) is 29.0. The summed E-state index contributed by atoms with van der Waals surface area (Å²) in [6.07, 6.45) is 0. The number of hydrogen-bond donors (Lipinski definition) is 1. The van der Waals surface area contributed by atoms with Crippen LogP contribution in [0.15, 0.2) is 77.7 Å². The molecule has 0 aliphatic rings. The van der Waals surface area contributed by atoms with Gasteiger partial charge in [0.1, 0.15) is 12.6 Å². The van der Waals surface area contributed by atoms with Gasteiger partial charge in [0, 0.05) is 17.1 Å². The van der Waals surface area contributed by atoms with Gasteiger partial charge in [0.15, 0.2) is 0 Å². The minimum absolute atomic E-state index is 0.0554. The van der Waals surface area contributed by atoms with Gasteiger partial charge in [-0.1, -0.05) is 53.6 Å². The molecule has 0 aliphatic carbocycles. The van der Waals surface area contributed by atoms with Gasteiger partial charge in [-0.05, 0) is 89.1 Å². The Morgan fingerprint density at radius 2 is 1.51 bits per heavy atom. The van der Waals surface area contributed by atoms with Crippen LogP contribution in [0.3, 0.4) is 0 Å². The van der Waals surface area contributed by atoms with Gasteiger partial charge >= 0.3 is 0 Å². The molecule has 208 valence electrons. The lowest BCUT2D eigenvalue weighted by Gasteiger charge is -2.33. The number of aryl methyl sites for hydroxylation is 2. The smallest absolute Gasteiger partial charge is 0.264 e. The summed E-state index contributed by atoms with van der Waals surface area (Å²) in [6, 6.07) is 19.4. The normalized spacial score (nSPS) is 12.5. The molecule has 3 rings (SSSR count). The van der Waals surface area contributed by atoms with Crippen molar-refractivity contribution in [3.63, 3.8) is 0 Å². The van der Waals surface area contributed by atoms with Gasteiger partial charge in [-0.25, -0.2) is 8.42 Å². The molecule has 2 amide bonds. The summed E-state index contributed by atoms with van der Waals surface area (Å²) in [6.45, 7) is 10.7. The van der Waals surface area contributed by atoms with Gasteiger partial charge < -0.3 is 10.2 Å². The van der Waals surface area contributed by atoms with E-state index in [1.165, 1.54) is 17.0 Å². The number of nitrogens with zero attached hydrogens (tertiary/aromatic N) is 2. The van der Waals surface area contributed by atoms with Gasteiger partial charge in [0.2, 0.25) is 11.8 Å². The van der Waals surface area contributed by atoms with Crippen LogP contribution in [0.5, 0.6) is 0 Å². The van der Waals surface area contributed by atoms with Crippen molar-refractivity contribution in [1.29, 1.82) is 0 Å². The molecule has 0 fully saturated rings. The molecule has 39 heavy (non-hydrogen) atoms. The summed E-state index contributed by atoms with van der Waals surface area (Å²) in [5, 5.41) is 3.36. The second-order valence-electron chi connectivity index (χ2n) is 10.7. The number of hydrogen-bond acceptors (Lipinski definition) is 4. The van der Waals surface area contributed by atoms with Gasteiger partial charge in [-0.15, -0.1) is 0 Å². The fourth-order valence-electron chi connectivity index (χ4n) is 4.00. The predicted octanol–water partition coefficient (Wildman–Crippen LogP) is 5.48. The Kier molecular flexibility index (Phi) is 9.46. The molecule has 9 heteroatoms. The van der Waals surface area contributed by atoms with Crippen LogP contribution in [0.1, 0.15) is 44.4 Å². The fraction of sp³-hybridized carbons (Fsp3) is 0.333. The van der Waals surface area contributed by atoms with Crippen LogP contribution in [-0.2, 0) is 26.2 Å². The highest BCUT2D eigenvalue weighted by molar-refractivity contribution is 7.92. The Morgan fingerprint density at radius 1 is 0.923 bits per heavy atom. The second-order valence-corrected chi connectivity index (χ2v) is 13.0. The number of nitrogens with one attached hydrogen (secondary N) is 1. The number of amides is 2. The van der Waals surface area contributed by atoms with Gasteiger partial charge in [0.25, 0.3) is 10.0 Å². The lowest BCUT2D eigenvalue weighted by atomic mass is 10.1. The monoisotopic (exact) mass is 569 g/mol. The number of sulfonamides is 1. The third-order valence-corrected chi connectivity index (χ3v) is 8.31. The first-order valence-electron chi connectivity index (χ1n) is 12.7. The molecule has 0 saturated carbocycles. The number of carbonyl (C=O) groups is 2. The average Bonchev–Trinajstić information content (AvgIpc) is 2.86. The lowest BCUT2D eigenvalue weighted by Crippen LogP contribution is -2.54. The fourth-order valence-corrected chi connectivity index (χ4v) is 5.54. The lowest BCUT2D eigenvalue weighted by molar-refractivity contribution is -0.140. The summed E-state index contributed by atoms with van der Waals surface area (Å²) in [7, 11) is -4.13. The molecule has 0 bridgehead atoms. The van der Waals surface area contributed by atoms with E-state index >= 15 is 0 Å². The van der Waals surface area contributed by atoms with Crippen molar-refractivity contribution in [2.75, 3.05) is 10.8 Å². The van der Waals surface area contributed by atoms with Crippen molar-refractivity contribution < 1.29 is 18.0 Å². The van der Waals surface area contributed by atoms with E-state index in [4.69, 9.17) is 11.6 Å². The first-order valence-corrected chi connectivity index (χ1v) is 14.5. The van der Waals surface area contributed by atoms with E-state index < -0.39 is 34.1 Å². The van der Waals surface area contributed by atoms with E-state index in [2.05, 4.69) is 5.32 Å². The Morgan fingerprint density at radius 3 is 2.08 bits per heavy atom. The molecule has 1 atom stereocenters. The average molecular weight is 570 g/mol. The molecule has 1 N–H and O–H groups in total. The third-order valence-electron chi connectivity index (χ3n) is 6.27. The first kappa shape index (κ1) is 30.2. The topological polar surface area (TPSA) is 86.8 Å². The molecule has 0 aliphatic heterocycles. The van der Waals surface area contributed by atoms with E-state index in [1.807, 2.05) is 58.9 Å². The van der Waals surface area contributed by atoms with Crippen molar-refractivity contribution in [1.82, 2.24) is 10.2 Å². The third kappa shape index (κ3) is 7.83. The van der Waals surface area contributed by atoms with E-state index in [0.29, 0.717) is 5.02 Å². The highest BCUT2D eigenvalue weighted by Gasteiger charge is 2.33. The Balaban J connectivity index is 2.04. The summed E-state index contributed by atoms with van der Waals surface area (Å²) in [5.74, 6) is -0.843. The summed E-state index contributed by atoms with van der Waals surface area (Å²) < 4.78 is 28.7. The molecular weight excluding hydrogens is 534 g/mol. The molecule has 0 saturated heterocycles. The second kappa shape index (κ2) is 12.2. The van der Waals surface area contributed by atoms with E-state index in [0.717, 1.165) is 21.0 Å². The zero-order valence-electron chi connectivity index (χ0n) is 23.2. The van der Waals surface area contributed by atoms with Crippen LogP contribution in [-0.4, -0.2) is 43.3 Å². The van der Waals surface area contributed by atoms with Crippen LogP contribution >= 0.6 is 11.6 Å². The number of benzene rings is 3. The van der Waals surface area contributed by atoms with E-state index in [1.54, 1.807) is 43.3 Å². The SMILES string of the molecule is Cc1ccc(S(=O)(=O)N(CC(=O)N(Cc2ccccc2C)[C@@H](C)C(=O)NC(C)(C)C)c2ccc(Cl)cc2)cc1. The van der Waals surface area contributed by atoms with E-state index in [-0.39, 0.29) is 23.0 Å². The van der Waals surface area contributed by atoms with Gasteiger partial charge in [-0.3, -0.25) is 13.9 Å². The highest BCUT2D eigenvalue weighted by Crippen LogP contribution is 2.26. The summed E-state index contributed by atoms with van der Waals surface area (Å²) in [5.41, 5.74) is 2.51. The van der Waals surface area contributed by atoms with Crippen LogP contribution in [0.2, 0.25) is 5.02 Å². The van der Waals surface area contributed by atoms with Crippen molar-refractivity contribution in [2.45, 2.75) is 64.6 Å². The molecule has 3 aromatic rings. The Hall–Kier alpha value is -3.36. The number of halogens is 1. The van der Waals surface area contributed by atoms with Crippen molar-refractivity contribution >= 4 is 39.1 Å². The first-order chi connectivity index (χ1) is 18.2. The van der Waals surface area contributed by atoms with Crippen LogP contribution < -0.4 is 9.62 Å². The maximum Gasteiger partial charge on any atom is 0.264 e. The standard InChI is InChI=1S/C30H36ClN3O4S/c1-21-11-17-27(18-12-21)39(37,38)34(26-15-13-25(31)14-16-26)20-28(35)33(19-24-10-8-7-9-22(24)2)23(3)29(36)32-30(4,5)6/h7-18,23H,19-20H2,1-6H3,(H,32,36)/t23-/m0/s1. The molecule has 0 spiro atoms. The highest BCUT2D eigenvalue weighted by atomic mass is 35.5. The summed E-state index contributed by atoms with van der Waals surface area (Å²) in [4.78, 5) is 28.6. The molecule has 0 unspecified atom stereocenters. The van der Waals surface area contributed by atoms with Crippen molar-refractivity contribution in [3.8, 4) is 0 Å². The quantitative estimate of drug-likeness (QED) is 0.369. The maximum absolute atomic E-state index is 14.0. The molecular formula is C30H36ClN3O4S. The minimum atomic E-state index is -4.13. The predicted molar refractivity (Wildman–Crippen MR) is 156 cm³/mol. The number of anilines is 1. The van der Waals surface area contributed by atoms with Crippen molar-refractivity contribution in [3.05, 3.63) is 94.5 Å². The van der Waals surface area contributed by atoms with Crippen LogP contribution in [0.25, 0.3) is 0 Å². The zero-order valence-corrected chi connectivity index (χ0v) is 24.8. The molecule has 0 radical (unpaired) electrons. The van der Waals surface area contributed by atoms with Crippen LogP contribution in [0.4, 0.5) is 5.69 Å². The molecule has 0 aromatic heterocycles. The molecule has 3 aromatic carbocycles. The Labute approximate surface area is 236 Å². The van der Waals surface area contributed by atoms with Gasteiger partial charge in [-0.2, -0.15) is 0 Å². The van der Waals surface area contributed by atoms with E-state index in [9.17, 15) is 18.0 Å². The summed E-state index contributed by atoms with van der Waals surface area (Å²) >= 11 is 6.07. The molecule has 7 nitrogen and oxygen atoms in total. The molecule has 0 heterocycles. The minimum Gasteiger partial charge on any atom is -0.350 e. The van der Waals surface area contributed by atoms with Crippen LogP contribution in [0, 0.1) is 13.8 Å². The maximum atomic E-state index is 14.0. The number of carbonyl (C=O) groups excluding carboxylic acids is 2.